The number of morpholine rings is 1. The fraction of sp³-hybridized carbons (Fsp3) is 0.929. The number of methoxy groups -OCH3 is 1. The summed E-state index contributed by atoms with van der Waals surface area (Å²) < 4.78 is 10.2. The first-order valence-corrected chi connectivity index (χ1v) is 7.32. The van der Waals surface area contributed by atoms with Gasteiger partial charge in [0, 0.05) is 19.6 Å². The average molecular weight is 270 g/mol. The van der Waals surface area contributed by atoms with Gasteiger partial charge in [-0.1, -0.05) is 0 Å². The molecule has 0 unspecified atom stereocenters. The Bertz CT molecular complexity index is 284. The van der Waals surface area contributed by atoms with E-state index in [9.17, 15) is 4.79 Å². The third-order valence-electron chi connectivity index (χ3n) is 4.36. The predicted octanol–water partition coefficient (Wildman–Crippen LogP) is 0.592. The van der Waals surface area contributed by atoms with Gasteiger partial charge < -0.3 is 9.47 Å². The predicted molar refractivity (Wildman–Crippen MR) is 73.0 cm³/mol. The van der Waals surface area contributed by atoms with Gasteiger partial charge in [0.1, 0.15) is 6.04 Å². The second-order valence-corrected chi connectivity index (χ2v) is 5.59. The lowest BCUT2D eigenvalue weighted by molar-refractivity contribution is -0.146. The standard InChI is InChI=1S/C14H26N2O3/c1-12(14(17)18-2)16-5-3-13(4-6-16)11-15-7-9-19-10-8-15/h12-13H,3-11H2,1-2H3/t12-/m0/s1. The van der Waals surface area contributed by atoms with E-state index in [1.165, 1.54) is 26.5 Å². The average Bonchev–Trinajstić information content (AvgIpc) is 2.47. The maximum absolute atomic E-state index is 11.5. The van der Waals surface area contributed by atoms with Crippen molar-refractivity contribution in [2.75, 3.05) is 53.0 Å². The lowest BCUT2D eigenvalue weighted by Gasteiger charge is -2.37. The Hall–Kier alpha value is -0.650. The number of nitrogens with zero attached hydrogens (tertiary/aromatic N) is 2. The first-order valence-electron chi connectivity index (χ1n) is 7.32. The molecule has 2 aliphatic rings. The number of hydrogen-bond donors (Lipinski definition) is 0. The molecule has 2 aliphatic heterocycles. The Labute approximate surface area is 115 Å². The van der Waals surface area contributed by atoms with Gasteiger partial charge in [0.2, 0.25) is 0 Å². The van der Waals surface area contributed by atoms with Crippen molar-refractivity contribution in [2.24, 2.45) is 5.92 Å². The molecule has 2 rings (SSSR count). The fourth-order valence-corrected chi connectivity index (χ4v) is 2.99. The van der Waals surface area contributed by atoms with Crippen LogP contribution in [-0.2, 0) is 14.3 Å². The number of esters is 1. The minimum absolute atomic E-state index is 0.102. The molecule has 5 nitrogen and oxygen atoms in total. The van der Waals surface area contributed by atoms with Crippen LogP contribution in [0.3, 0.4) is 0 Å². The highest BCUT2D eigenvalue weighted by molar-refractivity contribution is 5.75. The van der Waals surface area contributed by atoms with Crippen molar-refractivity contribution < 1.29 is 14.3 Å². The monoisotopic (exact) mass is 270 g/mol. The Morgan fingerprint density at radius 2 is 1.89 bits per heavy atom. The van der Waals surface area contributed by atoms with Crippen LogP contribution in [0.4, 0.5) is 0 Å². The largest absolute Gasteiger partial charge is 0.468 e. The summed E-state index contributed by atoms with van der Waals surface area (Å²) in [6.07, 6.45) is 2.36. The first kappa shape index (κ1) is 14.8. The van der Waals surface area contributed by atoms with Gasteiger partial charge in [-0.05, 0) is 38.8 Å². The number of hydrogen-bond acceptors (Lipinski definition) is 5. The van der Waals surface area contributed by atoms with Crippen molar-refractivity contribution in [2.45, 2.75) is 25.8 Å². The first-order chi connectivity index (χ1) is 9.20. The van der Waals surface area contributed by atoms with E-state index in [0.29, 0.717) is 0 Å². The summed E-state index contributed by atoms with van der Waals surface area (Å²) in [5.74, 6) is 0.644. The molecule has 0 aromatic carbocycles. The molecule has 19 heavy (non-hydrogen) atoms. The van der Waals surface area contributed by atoms with Crippen LogP contribution in [0.15, 0.2) is 0 Å². The molecule has 0 saturated carbocycles. The van der Waals surface area contributed by atoms with Crippen LogP contribution in [-0.4, -0.2) is 74.9 Å². The molecule has 0 radical (unpaired) electrons. The van der Waals surface area contributed by atoms with Gasteiger partial charge in [0.15, 0.2) is 0 Å². The number of rotatable bonds is 4. The molecule has 0 bridgehead atoms. The van der Waals surface area contributed by atoms with Gasteiger partial charge in [-0.2, -0.15) is 0 Å². The number of piperidine rings is 1. The summed E-state index contributed by atoms with van der Waals surface area (Å²) in [5.41, 5.74) is 0. The van der Waals surface area contributed by atoms with Gasteiger partial charge in [0.25, 0.3) is 0 Å². The van der Waals surface area contributed by atoms with Crippen molar-refractivity contribution in [3.63, 3.8) is 0 Å². The summed E-state index contributed by atoms with van der Waals surface area (Å²) in [5, 5.41) is 0. The van der Waals surface area contributed by atoms with E-state index >= 15 is 0 Å². The van der Waals surface area contributed by atoms with E-state index in [4.69, 9.17) is 9.47 Å². The third-order valence-corrected chi connectivity index (χ3v) is 4.36. The Kier molecular flexibility index (Phi) is 5.60. The second-order valence-electron chi connectivity index (χ2n) is 5.59. The highest BCUT2D eigenvalue weighted by atomic mass is 16.5. The highest BCUT2D eigenvalue weighted by Crippen LogP contribution is 2.20. The van der Waals surface area contributed by atoms with Gasteiger partial charge in [0.05, 0.1) is 20.3 Å². The smallest absolute Gasteiger partial charge is 0.322 e. The Morgan fingerprint density at radius 1 is 1.26 bits per heavy atom. The fourth-order valence-electron chi connectivity index (χ4n) is 2.99. The molecular weight excluding hydrogens is 244 g/mol. The zero-order valence-electron chi connectivity index (χ0n) is 12.1. The van der Waals surface area contributed by atoms with Crippen molar-refractivity contribution in [3.05, 3.63) is 0 Å². The number of carbonyl (C=O) groups excluding carboxylic acids is 1. The third kappa shape index (κ3) is 4.16. The lowest BCUT2D eigenvalue weighted by atomic mass is 9.95. The van der Waals surface area contributed by atoms with Gasteiger partial charge >= 0.3 is 5.97 Å². The summed E-state index contributed by atoms with van der Waals surface area (Å²) in [6, 6.07) is -0.102. The van der Waals surface area contributed by atoms with E-state index in [0.717, 1.165) is 45.3 Å². The molecule has 5 heteroatoms. The lowest BCUT2D eigenvalue weighted by Crippen LogP contribution is -2.47. The number of carbonyl (C=O) groups is 1. The van der Waals surface area contributed by atoms with Gasteiger partial charge in [-0.3, -0.25) is 14.6 Å². The molecular formula is C14H26N2O3. The molecule has 0 N–H and O–H groups in total. The molecule has 0 spiro atoms. The summed E-state index contributed by atoms with van der Waals surface area (Å²) in [4.78, 5) is 16.3. The van der Waals surface area contributed by atoms with Crippen molar-refractivity contribution in [1.29, 1.82) is 0 Å². The molecule has 110 valence electrons. The van der Waals surface area contributed by atoms with E-state index in [2.05, 4.69) is 9.80 Å². The topological polar surface area (TPSA) is 42.0 Å². The van der Waals surface area contributed by atoms with Crippen molar-refractivity contribution >= 4 is 5.97 Å². The van der Waals surface area contributed by atoms with Crippen molar-refractivity contribution in [1.82, 2.24) is 9.80 Å². The van der Waals surface area contributed by atoms with Crippen LogP contribution in [0.2, 0.25) is 0 Å². The summed E-state index contributed by atoms with van der Waals surface area (Å²) in [6.45, 7) is 9.02. The van der Waals surface area contributed by atoms with E-state index in [-0.39, 0.29) is 12.0 Å². The van der Waals surface area contributed by atoms with Crippen LogP contribution >= 0.6 is 0 Å². The molecule has 0 aromatic rings. The number of ether oxygens (including phenoxy) is 2. The molecule has 0 aliphatic carbocycles. The summed E-state index contributed by atoms with van der Waals surface area (Å²) >= 11 is 0. The molecule has 1 atom stereocenters. The van der Waals surface area contributed by atoms with E-state index in [1.54, 1.807) is 0 Å². The zero-order valence-corrected chi connectivity index (χ0v) is 12.1. The molecule has 0 amide bonds. The number of likely N-dealkylation sites (tertiary alicyclic amines) is 1. The van der Waals surface area contributed by atoms with Crippen LogP contribution in [0, 0.1) is 5.92 Å². The van der Waals surface area contributed by atoms with Gasteiger partial charge in [-0.25, -0.2) is 0 Å². The quantitative estimate of drug-likeness (QED) is 0.700. The molecule has 0 aromatic heterocycles. The van der Waals surface area contributed by atoms with E-state index < -0.39 is 0 Å². The maximum Gasteiger partial charge on any atom is 0.322 e. The Balaban J connectivity index is 1.71. The van der Waals surface area contributed by atoms with Crippen LogP contribution in [0.25, 0.3) is 0 Å². The minimum atomic E-state index is -0.119. The Morgan fingerprint density at radius 3 is 2.47 bits per heavy atom. The van der Waals surface area contributed by atoms with Gasteiger partial charge in [-0.15, -0.1) is 0 Å². The normalized spacial score (nSPS) is 25.2. The SMILES string of the molecule is COC(=O)[C@H](C)N1CCC(CN2CCOCC2)CC1. The second kappa shape index (κ2) is 7.22. The van der Waals surface area contributed by atoms with Crippen LogP contribution in [0.5, 0.6) is 0 Å². The minimum Gasteiger partial charge on any atom is -0.468 e. The zero-order chi connectivity index (χ0) is 13.7. The summed E-state index contributed by atoms with van der Waals surface area (Å²) in [7, 11) is 1.46. The van der Waals surface area contributed by atoms with E-state index in [1.807, 2.05) is 6.92 Å². The van der Waals surface area contributed by atoms with Crippen LogP contribution in [0.1, 0.15) is 19.8 Å². The highest BCUT2D eigenvalue weighted by Gasteiger charge is 2.28. The maximum atomic E-state index is 11.5. The molecule has 2 saturated heterocycles. The molecule has 2 heterocycles. The van der Waals surface area contributed by atoms with Crippen molar-refractivity contribution in [3.8, 4) is 0 Å². The van der Waals surface area contributed by atoms with Crippen LogP contribution < -0.4 is 0 Å². The molecule has 2 fully saturated rings.